The molecule has 3 aromatic heterocycles. The standard InChI is InChI=1S/C19H19F2N7O2/c20-10-6-12-13-7-11(21)9-27(13)14-2-4-28-17(25-14)15(16(22)26-28)18(29)23-3-1-5-30-19(12)24-8-10/h2,4,6,8,11,13H,1,3,5,7,9H2,(H2,22,26)(H,23,29)/t11-,13-/m1/s1. The molecule has 0 aliphatic carbocycles. The molecule has 1 saturated heterocycles. The quantitative estimate of drug-likeness (QED) is 0.574. The average Bonchev–Trinajstić information content (AvgIpc) is 3.26. The molecule has 2 aliphatic rings. The van der Waals surface area contributed by atoms with Crippen LogP contribution < -0.4 is 20.7 Å². The fourth-order valence-electron chi connectivity index (χ4n) is 3.98. The number of nitrogens with two attached hydrogens (primary N) is 1. The lowest BCUT2D eigenvalue weighted by molar-refractivity contribution is 0.0953. The highest BCUT2D eigenvalue weighted by Gasteiger charge is 2.37. The van der Waals surface area contributed by atoms with Crippen molar-refractivity contribution < 1.29 is 18.3 Å². The fraction of sp³-hybridized carbons (Fsp3) is 0.368. The third-order valence-electron chi connectivity index (χ3n) is 5.32. The number of nitrogens with one attached hydrogen (secondary N) is 1. The molecule has 11 heteroatoms. The van der Waals surface area contributed by atoms with Crippen LogP contribution in [0, 0.1) is 5.82 Å². The van der Waals surface area contributed by atoms with Crippen LogP contribution in [0.15, 0.2) is 24.5 Å². The SMILES string of the molecule is Nc1nn2ccc3nc2c1C(=O)NCCCOc1ncc(F)cc1[C@H]1C[C@@H](F)CN31. The van der Waals surface area contributed by atoms with E-state index in [4.69, 9.17) is 10.5 Å². The van der Waals surface area contributed by atoms with Gasteiger partial charge in [-0.3, -0.25) is 4.79 Å². The van der Waals surface area contributed by atoms with Crippen LogP contribution in [0.1, 0.15) is 34.8 Å². The third-order valence-corrected chi connectivity index (χ3v) is 5.32. The van der Waals surface area contributed by atoms with E-state index in [1.807, 2.05) is 0 Å². The number of carbonyl (C=O) groups excluding carboxylic acids is 1. The summed E-state index contributed by atoms with van der Waals surface area (Å²) >= 11 is 0. The topological polar surface area (TPSA) is 111 Å². The van der Waals surface area contributed by atoms with Crippen LogP contribution >= 0.6 is 0 Å². The maximum atomic E-state index is 14.5. The summed E-state index contributed by atoms with van der Waals surface area (Å²) < 4.78 is 35.7. The zero-order valence-electron chi connectivity index (χ0n) is 15.9. The van der Waals surface area contributed by atoms with Gasteiger partial charge in [0.2, 0.25) is 5.88 Å². The summed E-state index contributed by atoms with van der Waals surface area (Å²) in [4.78, 5) is 23.0. The fourth-order valence-corrected chi connectivity index (χ4v) is 3.98. The zero-order valence-corrected chi connectivity index (χ0v) is 15.9. The van der Waals surface area contributed by atoms with Crippen molar-refractivity contribution in [3.8, 4) is 5.88 Å². The molecule has 2 bridgehead atoms. The maximum Gasteiger partial charge on any atom is 0.258 e. The van der Waals surface area contributed by atoms with Gasteiger partial charge in [0.25, 0.3) is 5.91 Å². The lowest BCUT2D eigenvalue weighted by Gasteiger charge is -2.27. The number of hydrogen-bond acceptors (Lipinski definition) is 7. The van der Waals surface area contributed by atoms with Gasteiger partial charge in [-0.25, -0.2) is 23.3 Å². The minimum Gasteiger partial charge on any atom is -0.477 e. The van der Waals surface area contributed by atoms with E-state index < -0.39 is 23.9 Å². The number of amides is 1. The van der Waals surface area contributed by atoms with Crippen LogP contribution in [0.25, 0.3) is 5.65 Å². The van der Waals surface area contributed by atoms with Crippen molar-refractivity contribution >= 4 is 23.2 Å². The van der Waals surface area contributed by atoms with Crippen LogP contribution in [-0.4, -0.2) is 51.4 Å². The van der Waals surface area contributed by atoms with Crippen molar-refractivity contribution in [3.63, 3.8) is 0 Å². The number of pyridine rings is 1. The van der Waals surface area contributed by atoms with E-state index >= 15 is 0 Å². The van der Waals surface area contributed by atoms with Crippen molar-refractivity contribution in [3.05, 3.63) is 41.5 Å². The molecule has 5 rings (SSSR count). The van der Waals surface area contributed by atoms with Gasteiger partial charge in [-0.15, -0.1) is 5.10 Å². The molecule has 0 saturated carbocycles. The van der Waals surface area contributed by atoms with Gasteiger partial charge in [-0.05, 0) is 18.6 Å². The summed E-state index contributed by atoms with van der Waals surface area (Å²) in [5.41, 5.74) is 6.85. The Balaban J connectivity index is 1.68. The lowest BCUT2D eigenvalue weighted by atomic mass is 10.1. The van der Waals surface area contributed by atoms with Crippen molar-refractivity contribution in [2.45, 2.75) is 25.1 Å². The number of nitrogen functional groups attached to an aromatic ring is 1. The molecule has 2 atom stereocenters. The second-order valence-corrected chi connectivity index (χ2v) is 7.32. The first-order chi connectivity index (χ1) is 14.5. The molecule has 3 aromatic rings. The van der Waals surface area contributed by atoms with E-state index in [1.165, 1.54) is 10.6 Å². The minimum atomic E-state index is -1.14. The Hall–Kier alpha value is -3.50. The number of nitrogens with zero attached hydrogens (tertiary/aromatic N) is 5. The van der Waals surface area contributed by atoms with Gasteiger partial charge < -0.3 is 20.7 Å². The number of hydrogen-bond donors (Lipinski definition) is 2. The molecule has 30 heavy (non-hydrogen) atoms. The number of halogens is 2. The van der Waals surface area contributed by atoms with Crippen LogP contribution in [0.4, 0.5) is 20.4 Å². The molecule has 0 aromatic carbocycles. The lowest BCUT2D eigenvalue weighted by Crippen LogP contribution is -2.28. The number of aromatic nitrogens is 4. The summed E-state index contributed by atoms with van der Waals surface area (Å²) in [6.07, 6.45) is 2.17. The van der Waals surface area contributed by atoms with Gasteiger partial charge in [0, 0.05) is 24.7 Å². The van der Waals surface area contributed by atoms with Crippen molar-refractivity contribution in [1.82, 2.24) is 24.9 Å². The summed E-state index contributed by atoms with van der Waals surface area (Å²) in [6.45, 7) is 0.642. The second-order valence-electron chi connectivity index (χ2n) is 7.32. The predicted octanol–water partition coefficient (Wildman–Crippen LogP) is 1.65. The predicted molar refractivity (Wildman–Crippen MR) is 104 cm³/mol. The van der Waals surface area contributed by atoms with Crippen molar-refractivity contribution in [1.29, 1.82) is 0 Å². The Kier molecular flexibility index (Phi) is 4.37. The highest BCUT2D eigenvalue weighted by Crippen LogP contribution is 2.40. The van der Waals surface area contributed by atoms with Crippen molar-refractivity contribution in [2.75, 3.05) is 30.3 Å². The van der Waals surface area contributed by atoms with E-state index in [1.54, 1.807) is 17.2 Å². The average molecular weight is 415 g/mol. The molecule has 0 spiro atoms. The molecular weight excluding hydrogens is 396 g/mol. The minimum absolute atomic E-state index is 0.0541. The Morgan fingerprint density at radius 2 is 2.23 bits per heavy atom. The van der Waals surface area contributed by atoms with E-state index in [0.717, 1.165) is 6.20 Å². The largest absolute Gasteiger partial charge is 0.477 e. The molecule has 156 valence electrons. The van der Waals surface area contributed by atoms with Gasteiger partial charge in [-0.1, -0.05) is 0 Å². The first-order valence-electron chi connectivity index (χ1n) is 9.63. The zero-order chi connectivity index (χ0) is 20.8. The van der Waals surface area contributed by atoms with Gasteiger partial charge >= 0.3 is 0 Å². The summed E-state index contributed by atoms with van der Waals surface area (Å²) in [7, 11) is 0. The highest BCUT2D eigenvalue weighted by atomic mass is 19.1. The first-order valence-corrected chi connectivity index (χ1v) is 9.63. The number of fused-ring (bicyclic) bond motifs is 5. The molecule has 3 N–H and O–H groups in total. The van der Waals surface area contributed by atoms with Crippen LogP contribution in [0.5, 0.6) is 5.88 Å². The molecule has 0 radical (unpaired) electrons. The van der Waals surface area contributed by atoms with Gasteiger partial charge in [-0.2, -0.15) is 0 Å². The number of alkyl halides is 1. The molecule has 0 unspecified atom stereocenters. The van der Waals surface area contributed by atoms with Crippen LogP contribution in [0.3, 0.4) is 0 Å². The summed E-state index contributed by atoms with van der Waals surface area (Å²) in [6, 6.07) is 2.46. The van der Waals surface area contributed by atoms with Gasteiger partial charge in [0.15, 0.2) is 11.5 Å². The molecular formula is C19H19F2N7O2. The number of carbonyl (C=O) groups is 1. The third kappa shape index (κ3) is 3.06. The Bertz CT molecular complexity index is 1140. The van der Waals surface area contributed by atoms with Gasteiger partial charge in [0.1, 0.15) is 23.4 Å². The molecule has 5 heterocycles. The van der Waals surface area contributed by atoms with E-state index in [0.29, 0.717) is 24.3 Å². The monoisotopic (exact) mass is 415 g/mol. The van der Waals surface area contributed by atoms with Crippen LogP contribution in [-0.2, 0) is 0 Å². The molecule has 1 amide bonds. The van der Waals surface area contributed by atoms with Crippen LogP contribution in [0.2, 0.25) is 0 Å². The normalized spacial score (nSPS) is 21.7. The summed E-state index contributed by atoms with van der Waals surface area (Å²) in [5, 5.41) is 6.91. The smallest absolute Gasteiger partial charge is 0.258 e. The van der Waals surface area contributed by atoms with E-state index in [2.05, 4.69) is 20.4 Å². The number of ether oxygens (including phenoxy) is 1. The molecule has 2 aliphatic heterocycles. The molecule has 9 nitrogen and oxygen atoms in total. The Morgan fingerprint density at radius 3 is 3.10 bits per heavy atom. The summed E-state index contributed by atoms with van der Waals surface area (Å²) in [5.74, 6) is -0.194. The molecule has 1 fully saturated rings. The van der Waals surface area contributed by atoms with E-state index in [9.17, 15) is 13.6 Å². The number of rotatable bonds is 0. The second kappa shape index (κ2) is 7.08. The van der Waals surface area contributed by atoms with Crippen molar-refractivity contribution in [2.24, 2.45) is 0 Å². The maximum absolute atomic E-state index is 14.5. The number of anilines is 2. The first kappa shape index (κ1) is 18.5. The van der Waals surface area contributed by atoms with E-state index in [-0.39, 0.29) is 42.5 Å². The van der Waals surface area contributed by atoms with Gasteiger partial charge in [0.05, 0.1) is 25.4 Å². The Labute approximate surface area is 169 Å². The highest BCUT2D eigenvalue weighted by molar-refractivity contribution is 6.04. The Morgan fingerprint density at radius 1 is 1.37 bits per heavy atom.